The number of hydrogen-bond donors (Lipinski definition) is 1. The lowest BCUT2D eigenvalue weighted by Gasteiger charge is -2.35. The van der Waals surface area contributed by atoms with Crippen LogP contribution >= 0.6 is 23.1 Å². The summed E-state index contributed by atoms with van der Waals surface area (Å²) in [5.74, 6) is -1.15. The van der Waals surface area contributed by atoms with Gasteiger partial charge in [0, 0.05) is 17.7 Å². The highest BCUT2D eigenvalue weighted by molar-refractivity contribution is 8.15. The molecule has 0 spiro atoms. The minimum atomic E-state index is -0.825. The van der Waals surface area contributed by atoms with E-state index in [-0.39, 0.29) is 11.3 Å². The van der Waals surface area contributed by atoms with Crippen LogP contribution in [0, 0.1) is 21.7 Å². The van der Waals surface area contributed by atoms with E-state index in [0.717, 1.165) is 23.8 Å². The van der Waals surface area contributed by atoms with E-state index < -0.39 is 21.4 Å². The van der Waals surface area contributed by atoms with Crippen molar-refractivity contribution in [1.82, 2.24) is 4.98 Å². The van der Waals surface area contributed by atoms with Crippen LogP contribution in [-0.2, 0) is 4.87 Å². The molecule has 0 saturated carbocycles. The molecule has 0 aliphatic carbocycles. The fourth-order valence-electron chi connectivity index (χ4n) is 3.99. The SMILES string of the molecule is NCCCC1(c2ccccc2)SC(c2cc(F)ccc2F)=NN1c1nc2ccc([N+](=O)[O-])cc2s1. The van der Waals surface area contributed by atoms with Gasteiger partial charge in [-0.15, -0.1) is 0 Å². The molecule has 11 heteroatoms. The van der Waals surface area contributed by atoms with Crippen LogP contribution in [0.5, 0.6) is 0 Å². The number of non-ortho nitro benzene ring substituents is 1. The van der Waals surface area contributed by atoms with E-state index in [1.165, 1.54) is 35.2 Å². The van der Waals surface area contributed by atoms with Gasteiger partial charge >= 0.3 is 0 Å². The van der Waals surface area contributed by atoms with Crippen LogP contribution in [0.15, 0.2) is 71.8 Å². The molecule has 178 valence electrons. The lowest BCUT2D eigenvalue weighted by Crippen LogP contribution is -2.38. The van der Waals surface area contributed by atoms with Crippen LogP contribution in [0.4, 0.5) is 19.6 Å². The van der Waals surface area contributed by atoms with E-state index in [4.69, 9.17) is 15.8 Å². The number of aromatic nitrogens is 1. The maximum atomic E-state index is 14.8. The zero-order valence-corrected chi connectivity index (χ0v) is 19.9. The second-order valence-electron chi connectivity index (χ2n) is 7.89. The molecule has 3 aromatic carbocycles. The molecule has 1 aliphatic rings. The first-order valence-electron chi connectivity index (χ1n) is 10.7. The fourth-order valence-corrected chi connectivity index (χ4v) is 6.49. The predicted molar refractivity (Wildman–Crippen MR) is 136 cm³/mol. The second-order valence-corrected chi connectivity index (χ2v) is 10.2. The molecule has 0 radical (unpaired) electrons. The summed E-state index contributed by atoms with van der Waals surface area (Å²) in [5.41, 5.74) is 7.38. The van der Waals surface area contributed by atoms with E-state index >= 15 is 0 Å². The highest BCUT2D eigenvalue weighted by atomic mass is 32.2. The molecule has 35 heavy (non-hydrogen) atoms. The van der Waals surface area contributed by atoms with Gasteiger partial charge in [0.2, 0.25) is 5.13 Å². The highest BCUT2D eigenvalue weighted by Crippen LogP contribution is 2.53. The largest absolute Gasteiger partial charge is 0.330 e. The standard InChI is InChI=1S/C24H19F2N5O2S2/c25-16-7-9-19(26)18(13-16)22-29-30(23-28-20-10-8-17(31(32)33)14-21(20)34-23)24(35-22,11-4-12-27)15-5-2-1-3-6-15/h1-3,5-10,13-14H,4,11-12,27H2. The monoisotopic (exact) mass is 511 g/mol. The molecule has 1 atom stereocenters. The number of hydrazone groups is 1. The van der Waals surface area contributed by atoms with Crippen molar-refractivity contribution in [3.05, 3.63) is 99.6 Å². The molecule has 7 nitrogen and oxygen atoms in total. The van der Waals surface area contributed by atoms with Crippen molar-refractivity contribution >= 4 is 49.2 Å². The first kappa shape index (κ1) is 23.3. The summed E-state index contributed by atoms with van der Waals surface area (Å²) in [6.07, 6.45) is 1.20. The number of nitro groups is 1. The van der Waals surface area contributed by atoms with Crippen molar-refractivity contribution in [2.24, 2.45) is 10.8 Å². The van der Waals surface area contributed by atoms with Crippen molar-refractivity contribution in [1.29, 1.82) is 0 Å². The quantitative estimate of drug-likeness (QED) is 0.242. The molecular formula is C24H19F2N5O2S2. The van der Waals surface area contributed by atoms with Gasteiger partial charge in [-0.05, 0) is 49.2 Å². The van der Waals surface area contributed by atoms with Gasteiger partial charge in [0.15, 0.2) is 0 Å². The highest BCUT2D eigenvalue weighted by Gasteiger charge is 2.47. The minimum Gasteiger partial charge on any atom is -0.330 e. The number of anilines is 1. The number of thioether (sulfide) groups is 1. The topological polar surface area (TPSA) is 97.7 Å². The summed E-state index contributed by atoms with van der Waals surface area (Å²) in [6.45, 7) is 0.429. The first-order chi connectivity index (χ1) is 16.9. The number of nitrogens with zero attached hydrogens (tertiary/aromatic N) is 4. The van der Waals surface area contributed by atoms with Gasteiger partial charge in [-0.3, -0.25) is 10.1 Å². The molecule has 2 N–H and O–H groups in total. The predicted octanol–water partition coefficient (Wildman–Crippen LogP) is 5.99. The summed E-state index contributed by atoms with van der Waals surface area (Å²) in [6, 6.07) is 17.4. The van der Waals surface area contributed by atoms with Crippen LogP contribution in [0.25, 0.3) is 10.2 Å². The lowest BCUT2D eigenvalue weighted by atomic mass is 10.0. The zero-order valence-electron chi connectivity index (χ0n) is 18.2. The summed E-state index contributed by atoms with van der Waals surface area (Å²) in [7, 11) is 0. The average Bonchev–Trinajstić information content (AvgIpc) is 3.46. The third-order valence-corrected chi connectivity index (χ3v) is 8.09. The minimum absolute atomic E-state index is 0.0352. The van der Waals surface area contributed by atoms with Crippen LogP contribution in [0.3, 0.4) is 0 Å². The summed E-state index contributed by atoms with van der Waals surface area (Å²) in [5, 5.41) is 18.5. The molecular weight excluding hydrogens is 492 g/mol. The molecule has 0 saturated heterocycles. The summed E-state index contributed by atoms with van der Waals surface area (Å²) in [4.78, 5) is 14.7. The van der Waals surface area contributed by atoms with Gasteiger partial charge in [-0.25, -0.2) is 18.8 Å². The number of hydrogen-bond acceptors (Lipinski definition) is 8. The van der Waals surface area contributed by atoms with Crippen LogP contribution in [0.2, 0.25) is 0 Å². The number of nitrogens with two attached hydrogens (primary N) is 1. The Kier molecular flexibility index (Phi) is 6.22. The van der Waals surface area contributed by atoms with Gasteiger partial charge in [-0.1, -0.05) is 53.4 Å². The second kappa shape index (κ2) is 9.33. The van der Waals surface area contributed by atoms with E-state index in [9.17, 15) is 18.9 Å². The van der Waals surface area contributed by atoms with Crippen molar-refractivity contribution in [2.75, 3.05) is 11.6 Å². The molecule has 2 heterocycles. The molecule has 0 amide bonds. The Bertz CT molecular complexity index is 1450. The van der Waals surface area contributed by atoms with Crippen molar-refractivity contribution < 1.29 is 13.7 Å². The first-order valence-corrected chi connectivity index (χ1v) is 12.4. The van der Waals surface area contributed by atoms with Crippen LogP contribution < -0.4 is 10.7 Å². The molecule has 1 unspecified atom stereocenters. The Balaban J connectivity index is 1.70. The molecule has 1 aliphatic heterocycles. The van der Waals surface area contributed by atoms with Crippen LogP contribution in [0.1, 0.15) is 24.0 Å². The normalized spacial score (nSPS) is 17.7. The molecule has 1 aromatic heterocycles. The van der Waals surface area contributed by atoms with Crippen LogP contribution in [-0.4, -0.2) is 21.5 Å². The number of fused-ring (bicyclic) bond motifs is 1. The third-order valence-electron chi connectivity index (χ3n) is 5.65. The Hall–Kier alpha value is -3.41. The maximum absolute atomic E-state index is 14.8. The van der Waals surface area contributed by atoms with Gasteiger partial charge in [0.1, 0.15) is 21.5 Å². The zero-order chi connectivity index (χ0) is 24.6. The molecule has 0 fully saturated rings. The number of halogens is 2. The number of thiazole rings is 1. The molecule has 5 rings (SSSR count). The number of benzene rings is 3. The Morgan fingerprint density at radius 2 is 1.89 bits per heavy atom. The number of rotatable bonds is 7. The fraction of sp³-hybridized carbons (Fsp3) is 0.167. The molecule has 4 aromatic rings. The third kappa shape index (κ3) is 4.26. The maximum Gasteiger partial charge on any atom is 0.270 e. The van der Waals surface area contributed by atoms with E-state index in [1.54, 1.807) is 11.1 Å². The lowest BCUT2D eigenvalue weighted by molar-refractivity contribution is -0.384. The van der Waals surface area contributed by atoms with Crippen molar-refractivity contribution in [3.63, 3.8) is 0 Å². The summed E-state index contributed by atoms with van der Waals surface area (Å²) >= 11 is 2.57. The van der Waals surface area contributed by atoms with E-state index in [1.807, 2.05) is 30.3 Å². The Labute approximate surface area is 207 Å². The van der Waals surface area contributed by atoms with Crippen molar-refractivity contribution in [2.45, 2.75) is 17.7 Å². The van der Waals surface area contributed by atoms with E-state index in [2.05, 4.69) is 0 Å². The summed E-state index contributed by atoms with van der Waals surface area (Å²) < 4.78 is 29.4. The Morgan fingerprint density at radius 3 is 2.63 bits per heavy atom. The number of nitro benzene ring substituents is 1. The smallest absolute Gasteiger partial charge is 0.270 e. The van der Waals surface area contributed by atoms with Crippen molar-refractivity contribution in [3.8, 4) is 0 Å². The Morgan fingerprint density at radius 1 is 1.09 bits per heavy atom. The average molecular weight is 512 g/mol. The van der Waals surface area contributed by atoms with Gasteiger partial charge in [0.05, 0.1) is 15.1 Å². The van der Waals surface area contributed by atoms with Gasteiger partial charge in [0.25, 0.3) is 5.69 Å². The van der Waals surface area contributed by atoms with E-state index in [0.29, 0.717) is 39.8 Å². The van der Waals surface area contributed by atoms with Gasteiger partial charge < -0.3 is 5.73 Å². The molecule has 0 bridgehead atoms. The van der Waals surface area contributed by atoms with Gasteiger partial charge in [-0.2, -0.15) is 5.10 Å².